The first kappa shape index (κ1) is 22.4. The number of fused-ring (bicyclic) bond motifs is 3. The summed E-state index contributed by atoms with van der Waals surface area (Å²) in [5.74, 6) is -1.94. The molecule has 2 saturated heterocycles. The van der Waals surface area contributed by atoms with Gasteiger partial charge in [0.15, 0.2) is 6.10 Å². The number of amides is 2. The average Bonchev–Trinajstić information content (AvgIpc) is 3.53. The second-order valence-electron chi connectivity index (χ2n) is 9.32. The van der Waals surface area contributed by atoms with Crippen molar-refractivity contribution in [1.82, 2.24) is 10.2 Å². The molecule has 1 aliphatic carbocycles. The minimum absolute atomic E-state index is 0.0468. The molecule has 5 rings (SSSR count). The molecule has 2 amide bonds. The van der Waals surface area contributed by atoms with Gasteiger partial charge < -0.3 is 24.8 Å². The van der Waals surface area contributed by atoms with Crippen LogP contribution in [0.2, 0.25) is 0 Å². The largest absolute Gasteiger partial charge is 0.481 e. The summed E-state index contributed by atoms with van der Waals surface area (Å²) in [6.45, 7) is 2.89. The molecule has 2 unspecified atom stereocenters. The van der Waals surface area contributed by atoms with Gasteiger partial charge in [-0.15, -0.1) is 0 Å². The Morgan fingerprint density at radius 2 is 1.71 bits per heavy atom. The topological polar surface area (TPSA) is 105 Å². The molecule has 0 aromatic heterocycles. The number of alkyl carbamates (subject to hydrolysis) is 1. The number of hydrogen-bond acceptors (Lipinski definition) is 5. The van der Waals surface area contributed by atoms with Gasteiger partial charge in [0.25, 0.3) is 5.91 Å². The van der Waals surface area contributed by atoms with E-state index in [1.54, 1.807) is 0 Å². The zero-order valence-electron chi connectivity index (χ0n) is 19.0. The summed E-state index contributed by atoms with van der Waals surface area (Å²) >= 11 is 0. The first-order chi connectivity index (χ1) is 16.4. The molecule has 2 fully saturated rings. The molecule has 34 heavy (non-hydrogen) atoms. The van der Waals surface area contributed by atoms with Gasteiger partial charge in [-0.25, -0.2) is 4.79 Å². The van der Waals surface area contributed by atoms with Gasteiger partial charge in [-0.05, 0) is 34.6 Å². The van der Waals surface area contributed by atoms with Crippen molar-refractivity contribution in [2.75, 3.05) is 26.3 Å². The second kappa shape index (κ2) is 9.10. The van der Waals surface area contributed by atoms with Crippen molar-refractivity contribution in [1.29, 1.82) is 0 Å². The highest BCUT2D eigenvalue weighted by molar-refractivity contribution is 5.84. The predicted octanol–water partition coefficient (Wildman–Crippen LogP) is 2.86. The SMILES string of the molecule is CC1CN(C(=O)[C@@H]2OCC[C@@H]2NC(=O)OCC2c3ccccc3-c3ccccc32)CC1C(=O)O. The minimum atomic E-state index is -0.900. The maximum atomic E-state index is 13.0. The molecule has 2 aliphatic heterocycles. The Hall–Kier alpha value is -3.39. The zero-order valence-corrected chi connectivity index (χ0v) is 19.0. The lowest BCUT2D eigenvalue weighted by Crippen LogP contribution is -2.49. The van der Waals surface area contributed by atoms with Crippen molar-refractivity contribution < 1.29 is 29.0 Å². The Balaban J connectivity index is 1.21. The lowest BCUT2D eigenvalue weighted by atomic mass is 9.98. The Kier molecular flexibility index (Phi) is 6.00. The van der Waals surface area contributed by atoms with E-state index in [1.165, 1.54) is 4.90 Å². The molecule has 2 heterocycles. The summed E-state index contributed by atoms with van der Waals surface area (Å²) in [5.41, 5.74) is 4.57. The van der Waals surface area contributed by atoms with Gasteiger partial charge in [-0.3, -0.25) is 9.59 Å². The number of carbonyl (C=O) groups excluding carboxylic acids is 2. The molecule has 0 saturated carbocycles. The number of rotatable bonds is 5. The van der Waals surface area contributed by atoms with Crippen LogP contribution in [0.3, 0.4) is 0 Å². The second-order valence-corrected chi connectivity index (χ2v) is 9.32. The van der Waals surface area contributed by atoms with Gasteiger partial charge in [-0.1, -0.05) is 55.5 Å². The van der Waals surface area contributed by atoms with E-state index in [4.69, 9.17) is 9.47 Å². The average molecular weight is 465 g/mol. The number of aliphatic carboxylic acids is 1. The smallest absolute Gasteiger partial charge is 0.407 e. The van der Waals surface area contributed by atoms with E-state index in [2.05, 4.69) is 29.6 Å². The monoisotopic (exact) mass is 464 g/mol. The standard InChI is InChI=1S/C26H28N2O6/c1-15-12-28(13-20(15)25(30)31)24(29)23-22(10-11-33-23)27-26(32)34-14-21-18-8-4-2-6-16(18)17-7-3-5-9-19(17)21/h2-9,15,20-23H,10-14H2,1H3,(H,27,32)(H,30,31)/t15?,20?,22-,23+/m0/s1. The van der Waals surface area contributed by atoms with Crippen LogP contribution in [0.25, 0.3) is 11.1 Å². The minimum Gasteiger partial charge on any atom is -0.481 e. The highest BCUT2D eigenvalue weighted by Gasteiger charge is 2.43. The molecule has 0 radical (unpaired) electrons. The van der Waals surface area contributed by atoms with Crippen LogP contribution in [-0.4, -0.2) is 66.4 Å². The Morgan fingerprint density at radius 1 is 1.06 bits per heavy atom. The first-order valence-corrected chi connectivity index (χ1v) is 11.7. The third-order valence-electron chi connectivity index (χ3n) is 7.22. The van der Waals surface area contributed by atoms with Crippen LogP contribution >= 0.6 is 0 Å². The van der Waals surface area contributed by atoms with Crippen molar-refractivity contribution in [3.05, 3.63) is 59.7 Å². The van der Waals surface area contributed by atoms with Gasteiger partial charge in [-0.2, -0.15) is 0 Å². The molecular formula is C26H28N2O6. The van der Waals surface area contributed by atoms with Crippen LogP contribution in [0.15, 0.2) is 48.5 Å². The van der Waals surface area contributed by atoms with Crippen molar-refractivity contribution >= 4 is 18.0 Å². The molecule has 2 aromatic rings. The fourth-order valence-corrected chi connectivity index (χ4v) is 5.42. The first-order valence-electron chi connectivity index (χ1n) is 11.7. The number of likely N-dealkylation sites (tertiary alicyclic amines) is 1. The predicted molar refractivity (Wildman–Crippen MR) is 123 cm³/mol. The number of carbonyl (C=O) groups is 3. The summed E-state index contributed by atoms with van der Waals surface area (Å²) in [7, 11) is 0. The van der Waals surface area contributed by atoms with Crippen molar-refractivity contribution in [3.8, 4) is 11.1 Å². The highest BCUT2D eigenvalue weighted by atomic mass is 16.6. The fraction of sp³-hybridized carbons (Fsp3) is 0.423. The van der Waals surface area contributed by atoms with Crippen LogP contribution in [0.1, 0.15) is 30.4 Å². The summed E-state index contributed by atoms with van der Waals surface area (Å²) in [5, 5.41) is 12.1. The number of carboxylic acids is 1. The molecule has 8 heteroatoms. The van der Waals surface area contributed by atoms with E-state index in [1.807, 2.05) is 31.2 Å². The van der Waals surface area contributed by atoms with Crippen LogP contribution in [-0.2, 0) is 19.1 Å². The fourth-order valence-electron chi connectivity index (χ4n) is 5.42. The van der Waals surface area contributed by atoms with E-state index in [0.29, 0.717) is 19.6 Å². The van der Waals surface area contributed by atoms with Crippen molar-refractivity contribution in [2.45, 2.75) is 31.4 Å². The Morgan fingerprint density at radius 3 is 2.32 bits per heavy atom. The zero-order chi connectivity index (χ0) is 23.8. The van der Waals surface area contributed by atoms with Gasteiger partial charge in [0.05, 0.1) is 12.0 Å². The normalized spacial score (nSPS) is 25.6. The van der Waals surface area contributed by atoms with Gasteiger partial charge in [0, 0.05) is 25.6 Å². The molecule has 0 spiro atoms. The molecule has 3 aliphatic rings. The molecular weight excluding hydrogens is 436 g/mol. The number of nitrogens with one attached hydrogen (secondary N) is 1. The lowest BCUT2D eigenvalue weighted by Gasteiger charge is -2.24. The van der Waals surface area contributed by atoms with Crippen molar-refractivity contribution in [3.63, 3.8) is 0 Å². The summed E-state index contributed by atoms with van der Waals surface area (Å²) < 4.78 is 11.2. The summed E-state index contributed by atoms with van der Waals surface area (Å²) in [4.78, 5) is 38.6. The summed E-state index contributed by atoms with van der Waals surface area (Å²) in [6.07, 6.45) is -0.930. The van der Waals surface area contributed by atoms with Gasteiger partial charge >= 0.3 is 12.1 Å². The quantitative estimate of drug-likeness (QED) is 0.705. The van der Waals surface area contributed by atoms with Crippen molar-refractivity contribution in [2.24, 2.45) is 11.8 Å². The lowest BCUT2D eigenvalue weighted by molar-refractivity contribution is -0.143. The van der Waals surface area contributed by atoms with Gasteiger partial charge in [0.2, 0.25) is 0 Å². The van der Waals surface area contributed by atoms with E-state index in [9.17, 15) is 19.5 Å². The van der Waals surface area contributed by atoms with Crippen LogP contribution in [0.4, 0.5) is 4.79 Å². The van der Waals surface area contributed by atoms with Crippen LogP contribution in [0, 0.1) is 11.8 Å². The van der Waals surface area contributed by atoms with E-state index in [-0.39, 0.29) is 30.9 Å². The van der Waals surface area contributed by atoms with E-state index >= 15 is 0 Å². The number of ether oxygens (including phenoxy) is 2. The maximum Gasteiger partial charge on any atom is 0.407 e. The van der Waals surface area contributed by atoms with Crippen LogP contribution < -0.4 is 5.32 Å². The van der Waals surface area contributed by atoms with Crippen LogP contribution in [0.5, 0.6) is 0 Å². The molecule has 8 nitrogen and oxygen atoms in total. The molecule has 4 atom stereocenters. The summed E-state index contributed by atoms with van der Waals surface area (Å²) in [6, 6.07) is 15.7. The molecule has 2 aromatic carbocycles. The Labute approximate surface area is 197 Å². The van der Waals surface area contributed by atoms with E-state index < -0.39 is 30.1 Å². The third kappa shape index (κ3) is 4.03. The van der Waals surface area contributed by atoms with Gasteiger partial charge in [0.1, 0.15) is 6.61 Å². The molecule has 0 bridgehead atoms. The highest BCUT2D eigenvalue weighted by Crippen LogP contribution is 2.44. The maximum absolute atomic E-state index is 13.0. The number of hydrogen-bond donors (Lipinski definition) is 2. The number of benzene rings is 2. The third-order valence-corrected chi connectivity index (χ3v) is 7.22. The Bertz CT molecular complexity index is 1070. The molecule has 178 valence electrons. The number of carboxylic acid groups (broad SMARTS) is 1. The molecule has 2 N–H and O–H groups in total. The van der Waals surface area contributed by atoms with E-state index in [0.717, 1.165) is 22.3 Å². The number of nitrogens with zero attached hydrogens (tertiary/aromatic N) is 1.